The molecule has 2 rings (SSSR count). The molecule has 2 fully saturated rings. The number of aliphatic carboxylic acids is 1. The van der Waals surface area contributed by atoms with E-state index in [1.807, 2.05) is 4.90 Å². The van der Waals surface area contributed by atoms with E-state index in [0.717, 1.165) is 19.4 Å². The van der Waals surface area contributed by atoms with Gasteiger partial charge in [0.2, 0.25) is 5.91 Å². The summed E-state index contributed by atoms with van der Waals surface area (Å²) in [5.74, 6) is -0.840. The molecule has 1 atom stereocenters. The molecule has 0 unspecified atom stereocenters. The van der Waals surface area contributed by atoms with E-state index in [0.29, 0.717) is 25.9 Å². The molecule has 0 aliphatic carbocycles. The lowest BCUT2D eigenvalue weighted by atomic mass is 9.96. The lowest BCUT2D eigenvalue weighted by molar-refractivity contribution is -0.146. The number of carboxylic acids is 1. The van der Waals surface area contributed by atoms with Crippen molar-refractivity contribution < 1.29 is 14.7 Å². The van der Waals surface area contributed by atoms with Crippen LogP contribution in [0.1, 0.15) is 25.7 Å². The Kier molecular flexibility index (Phi) is 3.43. The lowest BCUT2D eigenvalue weighted by Crippen LogP contribution is -2.47. The Hall–Kier alpha value is -1.10. The van der Waals surface area contributed by atoms with Crippen LogP contribution in [0.4, 0.5) is 0 Å². The third-order valence-electron chi connectivity index (χ3n) is 3.51. The van der Waals surface area contributed by atoms with Crippen LogP contribution in [0, 0.1) is 5.92 Å². The molecule has 0 saturated carbocycles. The van der Waals surface area contributed by atoms with Gasteiger partial charge in [0.25, 0.3) is 0 Å². The fourth-order valence-corrected chi connectivity index (χ4v) is 2.46. The van der Waals surface area contributed by atoms with Crippen molar-refractivity contribution in [2.75, 3.05) is 19.6 Å². The molecular weight excluding hydrogens is 208 g/mol. The van der Waals surface area contributed by atoms with E-state index in [2.05, 4.69) is 5.32 Å². The summed E-state index contributed by atoms with van der Waals surface area (Å²) in [5.41, 5.74) is 0. The fraction of sp³-hybridized carbons (Fsp3) is 0.818. The topological polar surface area (TPSA) is 69.6 Å². The number of rotatable bonds is 2. The number of carbonyl (C=O) groups excluding carboxylic acids is 1. The van der Waals surface area contributed by atoms with Crippen LogP contribution in [0.15, 0.2) is 0 Å². The highest BCUT2D eigenvalue weighted by Crippen LogP contribution is 2.19. The van der Waals surface area contributed by atoms with Gasteiger partial charge in [-0.15, -0.1) is 0 Å². The maximum Gasteiger partial charge on any atom is 0.306 e. The van der Waals surface area contributed by atoms with Gasteiger partial charge in [0, 0.05) is 13.1 Å². The van der Waals surface area contributed by atoms with Crippen molar-refractivity contribution in [1.82, 2.24) is 10.2 Å². The van der Waals surface area contributed by atoms with E-state index in [4.69, 9.17) is 5.11 Å². The molecule has 0 aromatic heterocycles. The van der Waals surface area contributed by atoms with Crippen molar-refractivity contribution in [3.8, 4) is 0 Å². The van der Waals surface area contributed by atoms with Gasteiger partial charge in [0.1, 0.15) is 0 Å². The van der Waals surface area contributed by atoms with Gasteiger partial charge in [0.05, 0.1) is 12.0 Å². The smallest absolute Gasteiger partial charge is 0.306 e. The Bertz CT molecular complexity index is 279. The fourth-order valence-electron chi connectivity index (χ4n) is 2.46. The molecule has 1 amide bonds. The molecule has 2 N–H and O–H groups in total. The van der Waals surface area contributed by atoms with Gasteiger partial charge in [-0.1, -0.05) is 0 Å². The average Bonchev–Trinajstić information content (AvgIpc) is 2.81. The summed E-state index contributed by atoms with van der Waals surface area (Å²) in [4.78, 5) is 24.6. The number of hydrogen-bond donors (Lipinski definition) is 2. The molecule has 90 valence electrons. The van der Waals surface area contributed by atoms with Gasteiger partial charge < -0.3 is 15.3 Å². The van der Waals surface area contributed by atoms with E-state index in [1.165, 1.54) is 0 Å². The highest BCUT2D eigenvalue weighted by molar-refractivity contribution is 5.82. The zero-order valence-corrected chi connectivity index (χ0v) is 9.32. The second kappa shape index (κ2) is 4.82. The van der Waals surface area contributed by atoms with Crippen molar-refractivity contribution >= 4 is 11.9 Å². The van der Waals surface area contributed by atoms with Crippen molar-refractivity contribution in [2.24, 2.45) is 5.92 Å². The summed E-state index contributed by atoms with van der Waals surface area (Å²) in [6.07, 6.45) is 3.15. The molecule has 2 heterocycles. The second-order valence-electron chi connectivity index (χ2n) is 4.59. The molecule has 5 nitrogen and oxygen atoms in total. The molecule has 0 aromatic rings. The summed E-state index contributed by atoms with van der Waals surface area (Å²) >= 11 is 0. The van der Waals surface area contributed by atoms with Gasteiger partial charge in [-0.25, -0.2) is 0 Å². The number of nitrogens with one attached hydrogen (secondary N) is 1. The lowest BCUT2D eigenvalue weighted by Gasteiger charge is -2.31. The number of piperidine rings is 1. The van der Waals surface area contributed by atoms with E-state index in [9.17, 15) is 9.59 Å². The first kappa shape index (κ1) is 11.4. The average molecular weight is 226 g/mol. The van der Waals surface area contributed by atoms with E-state index < -0.39 is 5.97 Å². The molecule has 2 aliphatic heterocycles. The van der Waals surface area contributed by atoms with E-state index in [-0.39, 0.29) is 17.9 Å². The summed E-state index contributed by atoms with van der Waals surface area (Å²) in [5, 5.41) is 12.0. The molecular formula is C11H18N2O3. The highest BCUT2D eigenvalue weighted by atomic mass is 16.4. The zero-order valence-electron chi connectivity index (χ0n) is 9.32. The first-order valence-corrected chi connectivity index (χ1v) is 5.93. The Morgan fingerprint density at radius 3 is 2.38 bits per heavy atom. The number of likely N-dealkylation sites (tertiary alicyclic amines) is 1. The van der Waals surface area contributed by atoms with Gasteiger partial charge in [-0.3, -0.25) is 9.59 Å². The van der Waals surface area contributed by atoms with Crippen LogP contribution in [0.3, 0.4) is 0 Å². The Morgan fingerprint density at radius 1 is 1.19 bits per heavy atom. The van der Waals surface area contributed by atoms with Gasteiger partial charge in [-0.2, -0.15) is 0 Å². The molecule has 5 heteroatoms. The summed E-state index contributed by atoms with van der Waals surface area (Å²) < 4.78 is 0. The Morgan fingerprint density at radius 2 is 1.88 bits per heavy atom. The Labute approximate surface area is 94.8 Å². The number of hydrogen-bond acceptors (Lipinski definition) is 3. The Balaban J connectivity index is 1.84. The van der Waals surface area contributed by atoms with Crippen LogP contribution in [0.2, 0.25) is 0 Å². The van der Waals surface area contributed by atoms with Crippen molar-refractivity contribution in [3.63, 3.8) is 0 Å². The predicted octanol–water partition coefficient (Wildman–Crippen LogP) is 0.0616. The van der Waals surface area contributed by atoms with Gasteiger partial charge >= 0.3 is 5.97 Å². The molecule has 16 heavy (non-hydrogen) atoms. The molecule has 2 aliphatic rings. The van der Waals surface area contributed by atoms with E-state index in [1.54, 1.807) is 0 Å². The number of nitrogens with zero attached hydrogens (tertiary/aromatic N) is 1. The van der Waals surface area contributed by atoms with Crippen LogP contribution in [0.5, 0.6) is 0 Å². The van der Waals surface area contributed by atoms with Crippen molar-refractivity contribution in [3.05, 3.63) is 0 Å². The maximum absolute atomic E-state index is 12.0. The third-order valence-corrected chi connectivity index (χ3v) is 3.51. The first-order valence-electron chi connectivity index (χ1n) is 5.93. The first-order chi connectivity index (χ1) is 7.68. The minimum absolute atomic E-state index is 0.0265. The standard InChI is InChI=1S/C11H18N2O3/c14-10(9-2-1-5-12-9)13-6-3-8(4-7-13)11(15)16/h8-9,12H,1-7H2,(H,15,16)/t9-/m0/s1. The van der Waals surface area contributed by atoms with Crippen LogP contribution < -0.4 is 5.32 Å². The van der Waals surface area contributed by atoms with Crippen LogP contribution in [-0.4, -0.2) is 47.6 Å². The summed E-state index contributed by atoms with van der Waals surface area (Å²) in [6.45, 7) is 2.10. The van der Waals surface area contributed by atoms with Crippen LogP contribution in [0.25, 0.3) is 0 Å². The molecule has 0 aromatic carbocycles. The quantitative estimate of drug-likeness (QED) is 0.698. The number of carbonyl (C=O) groups is 2. The number of carboxylic acid groups (broad SMARTS) is 1. The predicted molar refractivity (Wildman–Crippen MR) is 58.0 cm³/mol. The SMILES string of the molecule is O=C(O)C1CCN(C(=O)[C@@H]2CCCN2)CC1. The molecule has 0 bridgehead atoms. The number of amides is 1. The normalized spacial score (nSPS) is 27.0. The zero-order chi connectivity index (χ0) is 11.5. The van der Waals surface area contributed by atoms with Gasteiger partial charge in [-0.05, 0) is 32.2 Å². The maximum atomic E-state index is 12.0. The second-order valence-corrected chi connectivity index (χ2v) is 4.59. The molecule has 2 saturated heterocycles. The molecule has 0 spiro atoms. The van der Waals surface area contributed by atoms with E-state index >= 15 is 0 Å². The third kappa shape index (κ3) is 2.35. The monoisotopic (exact) mass is 226 g/mol. The highest BCUT2D eigenvalue weighted by Gasteiger charge is 2.31. The minimum Gasteiger partial charge on any atom is -0.481 e. The van der Waals surface area contributed by atoms with Crippen LogP contribution in [-0.2, 0) is 9.59 Å². The van der Waals surface area contributed by atoms with Crippen molar-refractivity contribution in [2.45, 2.75) is 31.7 Å². The summed E-state index contributed by atoms with van der Waals surface area (Å²) in [6, 6.07) is -0.0265. The molecule has 0 radical (unpaired) electrons. The van der Waals surface area contributed by atoms with Gasteiger partial charge in [0.15, 0.2) is 0 Å². The summed E-state index contributed by atoms with van der Waals surface area (Å²) in [7, 11) is 0. The minimum atomic E-state index is -0.730. The van der Waals surface area contributed by atoms with Crippen molar-refractivity contribution in [1.29, 1.82) is 0 Å². The van der Waals surface area contributed by atoms with Crippen LogP contribution >= 0.6 is 0 Å². The largest absolute Gasteiger partial charge is 0.481 e.